The van der Waals surface area contributed by atoms with Crippen LogP contribution >= 0.6 is 39.1 Å². The molecule has 0 spiro atoms. The highest BCUT2D eigenvalue weighted by molar-refractivity contribution is 9.10. The summed E-state index contributed by atoms with van der Waals surface area (Å²) >= 11 is 15.7. The molecule has 3 rings (SSSR count). The molecule has 0 amide bonds. The van der Waals surface area contributed by atoms with E-state index in [0.717, 1.165) is 21.3 Å². The van der Waals surface area contributed by atoms with Crippen molar-refractivity contribution in [3.63, 3.8) is 0 Å². The van der Waals surface area contributed by atoms with Gasteiger partial charge in [0.2, 0.25) is 0 Å². The van der Waals surface area contributed by atoms with Gasteiger partial charge in [0.1, 0.15) is 6.61 Å². The van der Waals surface area contributed by atoms with E-state index in [9.17, 15) is 0 Å². The molecule has 28 heavy (non-hydrogen) atoms. The standard InChI is InChI=1S/C22H20BrCl2NO2/c1-14-3-6-17(7-4-14)26-12-16-10-21(27-2)22(11-18(16)23)28-13-15-5-8-19(24)20(25)9-15/h3-11,26H,12-13H2,1-2H3. The van der Waals surface area contributed by atoms with E-state index in [1.807, 2.05) is 18.2 Å². The van der Waals surface area contributed by atoms with Crippen LogP contribution in [0, 0.1) is 6.92 Å². The van der Waals surface area contributed by atoms with E-state index in [4.69, 9.17) is 32.7 Å². The topological polar surface area (TPSA) is 30.5 Å². The molecule has 1 N–H and O–H groups in total. The molecule has 0 atom stereocenters. The van der Waals surface area contributed by atoms with E-state index in [-0.39, 0.29) is 0 Å². The number of nitrogens with one attached hydrogen (secondary N) is 1. The van der Waals surface area contributed by atoms with Gasteiger partial charge in [0.05, 0.1) is 17.2 Å². The number of ether oxygens (including phenoxy) is 2. The molecule has 0 aliphatic carbocycles. The van der Waals surface area contributed by atoms with Crippen LogP contribution in [0.25, 0.3) is 0 Å². The van der Waals surface area contributed by atoms with E-state index in [1.165, 1.54) is 5.56 Å². The average molecular weight is 481 g/mol. The Bertz CT molecular complexity index is 961. The van der Waals surface area contributed by atoms with Crippen molar-refractivity contribution in [1.29, 1.82) is 0 Å². The lowest BCUT2D eigenvalue weighted by molar-refractivity contribution is 0.284. The molecule has 3 aromatic rings. The van der Waals surface area contributed by atoms with Gasteiger partial charge in [0.15, 0.2) is 11.5 Å². The van der Waals surface area contributed by atoms with E-state index < -0.39 is 0 Å². The molecule has 0 aromatic heterocycles. The van der Waals surface area contributed by atoms with Crippen LogP contribution < -0.4 is 14.8 Å². The second-order valence-electron chi connectivity index (χ2n) is 6.35. The minimum atomic E-state index is 0.362. The average Bonchev–Trinajstić information content (AvgIpc) is 2.69. The van der Waals surface area contributed by atoms with Gasteiger partial charge in [0, 0.05) is 16.7 Å². The lowest BCUT2D eigenvalue weighted by atomic mass is 10.1. The SMILES string of the molecule is COc1cc(CNc2ccc(C)cc2)c(Br)cc1OCc1ccc(Cl)c(Cl)c1. The van der Waals surface area contributed by atoms with Crippen LogP contribution in [0.2, 0.25) is 10.0 Å². The zero-order valence-corrected chi connectivity index (χ0v) is 18.7. The summed E-state index contributed by atoms with van der Waals surface area (Å²) in [6.07, 6.45) is 0. The normalized spacial score (nSPS) is 10.6. The molecule has 0 fully saturated rings. The second kappa shape index (κ2) is 9.55. The lowest BCUT2D eigenvalue weighted by Gasteiger charge is -2.15. The number of anilines is 1. The number of hydrogen-bond acceptors (Lipinski definition) is 3. The molecule has 0 aliphatic heterocycles. The maximum atomic E-state index is 6.07. The molecule has 3 nitrogen and oxygen atoms in total. The molecule has 0 bridgehead atoms. The third-order valence-electron chi connectivity index (χ3n) is 4.25. The van der Waals surface area contributed by atoms with Crippen molar-refractivity contribution >= 4 is 44.8 Å². The third kappa shape index (κ3) is 5.34. The Kier molecular flexibility index (Phi) is 7.11. The quantitative estimate of drug-likeness (QED) is 0.385. The Labute approximate surface area is 183 Å². The highest BCUT2D eigenvalue weighted by Gasteiger charge is 2.11. The molecule has 146 valence electrons. The molecule has 3 aromatic carbocycles. The molecule has 0 unspecified atom stereocenters. The Morgan fingerprint density at radius 3 is 2.36 bits per heavy atom. The first kappa shape index (κ1) is 20.8. The molecule has 6 heteroatoms. The van der Waals surface area contributed by atoms with Crippen molar-refractivity contribution in [2.24, 2.45) is 0 Å². The summed E-state index contributed by atoms with van der Waals surface area (Å²) in [6.45, 7) is 3.09. The summed E-state index contributed by atoms with van der Waals surface area (Å²) in [5, 5.41) is 4.45. The van der Waals surface area contributed by atoms with Gasteiger partial charge in [-0.1, -0.05) is 62.9 Å². The van der Waals surface area contributed by atoms with Gasteiger partial charge in [0.25, 0.3) is 0 Å². The fourth-order valence-corrected chi connectivity index (χ4v) is 3.43. The van der Waals surface area contributed by atoms with Crippen LogP contribution in [0.15, 0.2) is 59.1 Å². The molecule has 0 saturated carbocycles. The number of rotatable bonds is 7. The van der Waals surface area contributed by atoms with Crippen LogP contribution in [0.5, 0.6) is 11.5 Å². The third-order valence-corrected chi connectivity index (χ3v) is 5.72. The summed E-state index contributed by atoms with van der Waals surface area (Å²) in [5.41, 5.74) is 4.30. The maximum Gasteiger partial charge on any atom is 0.162 e. The van der Waals surface area contributed by atoms with E-state index in [0.29, 0.717) is 34.7 Å². The van der Waals surface area contributed by atoms with Crippen LogP contribution in [0.1, 0.15) is 16.7 Å². The van der Waals surface area contributed by atoms with Gasteiger partial charge in [-0.15, -0.1) is 0 Å². The van der Waals surface area contributed by atoms with Crippen molar-refractivity contribution in [2.45, 2.75) is 20.1 Å². The zero-order valence-electron chi connectivity index (χ0n) is 15.6. The Morgan fingerprint density at radius 1 is 0.929 bits per heavy atom. The largest absolute Gasteiger partial charge is 0.493 e. The lowest BCUT2D eigenvalue weighted by Crippen LogP contribution is -2.03. The van der Waals surface area contributed by atoms with Crippen molar-refractivity contribution in [3.05, 3.63) is 85.8 Å². The Balaban J connectivity index is 1.71. The Hall–Kier alpha value is -1.88. The Morgan fingerprint density at radius 2 is 1.68 bits per heavy atom. The molecule has 0 aliphatic rings. The number of benzene rings is 3. The van der Waals surface area contributed by atoms with Gasteiger partial charge >= 0.3 is 0 Å². The predicted octanol–water partition coefficient (Wildman–Crippen LogP) is 7.26. The highest BCUT2D eigenvalue weighted by atomic mass is 79.9. The van der Waals surface area contributed by atoms with Crippen LogP contribution in [-0.4, -0.2) is 7.11 Å². The van der Waals surface area contributed by atoms with Crippen molar-refractivity contribution < 1.29 is 9.47 Å². The monoisotopic (exact) mass is 479 g/mol. The first-order chi connectivity index (χ1) is 13.5. The number of methoxy groups -OCH3 is 1. The first-order valence-corrected chi connectivity index (χ1v) is 10.2. The van der Waals surface area contributed by atoms with E-state index >= 15 is 0 Å². The summed E-state index contributed by atoms with van der Waals surface area (Å²) in [6, 6.07) is 17.6. The summed E-state index contributed by atoms with van der Waals surface area (Å²) < 4.78 is 12.4. The van der Waals surface area contributed by atoms with Gasteiger partial charge in [-0.2, -0.15) is 0 Å². The fraction of sp³-hybridized carbons (Fsp3) is 0.182. The molecular weight excluding hydrogens is 461 g/mol. The van der Waals surface area contributed by atoms with Crippen molar-refractivity contribution in [2.75, 3.05) is 12.4 Å². The maximum absolute atomic E-state index is 6.07. The van der Waals surface area contributed by atoms with Crippen LogP contribution in [0.4, 0.5) is 5.69 Å². The molecule has 0 saturated heterocycles. The van der Waals surface area contributed by atoms with Crippen molar-refractivity contribution in [3.8, 4) is 11.5 Å². The minimum Gasteiger partial charge on any atom is -0.493 e. The van der Waals surface area contributed by atoms with Gasteiger partial charge < -0.3 is 14.8 Å². The smallest absolute Gasteiger partial charge is 0.162 e. The number of hydrogen-bond donors (Lipinski definition) is 1. The molecule has 0 heterocycles. The first-order valence-electron chi connectivity index (χ1n) is 8.70. The molecular formula is C22H20BrCl2NO2. The van der Waals surface area contributed by atoms with Gasteiger partial charge in [-0.05, 0) is 54.4 Å². The summed E-state index contributed by atoms with van der Waals surface area (Å²) in [4.78, 5) is 0. The zero-order chi connectivity index (χ0) is 20.1. The van der Waals surface area contributed by atoms with Gasteiger partial charge in [-0.25, -0.2) is 0 Å². The van der Waals surface area contributed by atoms with Crippen molar-refractivity contribution in [1.82, 2.24) is 0 Å². The van der Waals surface area contributed by atoms with Gasteiger partial charge in [-0.3, -0.25) is 0 Å². The number of aryl methyl sites for hydroxylation is 1. The number of halogens is 3. The van der Waals surface area contributed by atoms with E-state index in [2.05, 4.69) is 52.4 Å². The van der Waals surface area contributed by atoms with E-state index in [1.54, 1.807) is 19.2 Å². The highest BCUT2D eigenvalue weighted by Crippen LogP contribution is 2.35. The fourth-order valence-electron chi connectivity index (χ4n) is 2.64. The van der Waals surface area contributed by atoms with Crippen LogP contribution in [-0.2, 0) is 13.2 Å². The predicted molar refractivity (Wildman–Crippen MR) is 120 cm³/mol. The minimum absolute atomic E-state index is 0.362. The summed E-state index contributed by atoms with van der Waals surface area (Å²) in [5.74, 6) is 1.32. The summed E-state index contributed by atoms with van der Waals surface area (Å²) in [7, 11) is 1.63. The van der Waals surface area contributed by atoms with Crippen LogP contribution in [0.3, 0.4) is 0 Å². The second-order valence-corrected chi connectivity index (χ2v) is 8.02. The molecule has 0 radical (unpaired) electrons.